The van der Waals surface area contributed by atoms with Gasteiger partial charge in [0.25, 0.3) is 0 Å². The highest BCUT2D eigenvalue weighted by molar-refractivity contribution is 7.39. The van der Waals surface area contributed by atoms with Crippen LogP contribution < -0.4 is 4.52 Å². The number of carboxylic acid groups (broad SMARTS) is 1. The zero-order chi connectivity index (χ0) is 10.4. The molecule has 1 N–H and O–H groups in total. The van der Waals surface area contributed by atoms with Crippen LogP contribution in [0.25, 0.3) is 0 Å². The molecule has 1 aromatic carbocycles. The Kier molecular flexibility index (Phi) is 7.16. The molecule has 0 aliphatic rings. The second kappa shape index (κ2) is 7.53. The summed E-state index contributed by atoms with van der Waals surface area (Å²) >= 11 is 0. The van der Waals surface area contributed by atoms with E-state index >= 15 is 0 Å². The summed E-state index contributed by atoms with van der Waals surface area (Å²) in [4.78, 5) is 10.2. The van der Waals surface area contributed by atoms with Gasteiger partial charge in [0, 0.05) is 6.16 Å². The minimum atomic E-state index is -2.27. The quantitative estimate of drug-likeness (QED) is 0.615. The Bertz CT molecular complexity index is 328. The van der Waals surface area contributed by atoms with Crippen LogP contribution in [-0.2, 0) is 9.36 Å². The van der Waals surface area contributed by atoms with Gasteiger partial charge in [0.05, 0.1) is 6.42 Å². The molecule has 0 spiro atoms. The number of hydrogen-bond acceptors (Lipinski definition) is 3. The van der Waals surface area contributed by atoms with Crippen LogP contribution in [0.5, 0.6) is 5.75 Å². The predicted octanol–water partition coefficient (Wildman–Crippen LogP) is 0.831. The van der Waals surface area contributed by atoms with Gasteiger partial charge < -0.3 is 9.63 Å². The Labute approximate surface area is 99.3 Å². The van der Waals surface area contributed by atoms with Crippen molar-refractivity contribution in [1.29, 1.82) is 0 Å². The van der Waals surface area contributed by atoms with Crippen molar-refractivity contribution in [2.45, 2.75) is 6.42 Å². The van der Waals surface area contributed by atoms with E-state index < -0.39 is 14.0 Å². The van der Waals surface area contributed by atoms with Gasteiger partial charge in [-0.1, -0.05) is 18.2 Å². The molecular formula is C9H14AlO4P. The van der Waals surface area contributed by atoms with Crippen LogP contribution in [0.15, 0.2) is 30.3 Å². The van der Waals surface area contributed by atoms with Gasteiger partial charge >= 0.3 is 5.97 Å². The molecule has 0 heterocycles. The van der Waals surface area contributed by atoms with Crippen LogP contribution in [0.1, 0.15) is 6.42 Å². The third-order valence-corrected chi connectivity index (χ3v) is 2.64. The predicted molar refractivity (Wildman–Crippen MR) is 63.1 cm³/mol. The van der Waals surface area contributed by atoms with Gasteiger partial charge in [-0.05, 0) is 12.1 Å². The monoisotopic (exact) mass is 244 g/mol. The lowest BCUT2D eigenvalue weighted by Crippen LogP contribution is -1.97. The van der Waals surface area contributed by atoms with E-state index in [1.165, 1.54) is 0 Å². The minimum Gasteiger partial charge on any atom is -0.481 e. The highest BCUT2D eigenvalue weighted by atomic mass is 31.1. The number of hydrogen-bond donors (Lipinski definition) is 1. The molecule has 1 rings (SSSR count). The van der Waals surface area contributed by atoms with Gasteiger partial charge in [-0.2, -0.15) is 0 Å². The van der Waals surface area contributed by atoms with Crippen LogP contribution in [0.2, 0.25) is 0 Å². The Morgan fingerprint density at radius 1 is 1.33 bits per heavy atom. The Morgan fingerprint density at radius 2 is 1.93 bits per heavy atom. The number of rotatable bonds is 5. The summed E-state index contributed by atoms with van der Waals surface area (Å²) in [6.07, 6.45) is -0.0421. The number of aliphatic carboxylic acids is 1. The van der Waals surface area contributed by atoms with Crippen molar-refractivity contribution < 1.29 is 19.0 Å². The zero-order valence-electron chi connectivity index (χ0n) is 7.47. The summed E-state index contributed by atoms with van der Waals surface area (Å²) in [6, 6.07) is 8.72. The molecule has 0 saturated carbocycles. The third kappa shape index (κ3) is 6.35. The number of carbonyl (C=O) groups is 1. The summed E-state index contributed by atoms with van der Waals surface area (Å²) in [5.74, 6) is -0.443. The topological polar surface area (TPSA) is 63.6 Å². The molecule has 1 unspecified atom stereocenters. The van der Waals surface area contributed by atoms with E-state index in [0.717, 1.165) is 0 Å². The van der Waals surface area contributed by atoms with Crippen molar-refractivity contribution in [3.05, 3.63) is 30.3 Å². The SMILES string of the molecule is O=C(O)CC[PH](=O)Oc1ccccc1.[AlH3]. The van der Waals surface area contributed by atoms with Crippen LogP contribution in [0.4, 0.5) is 0 Å². The van der Waals surface area contributed by atoms with Gasteiger partial charge in [-0.15, -0.1) is 0 Å². The molecule has 0 saturated heterocycles. The van der Waals surface area contributed by atoms with Gasteiger partial charge in [0.15, 0.2) is 17.4 Å². The van der Waals surface area contributed by atoms with E-state index in [2.05, 4.69) is 0 Å². The molecule has 0 aromatic heterocycles. The summed E-state index contributed by atoms with van der Waals surface area (Å²) in [6.45, 7) is 0. The minimum absolute atomic E-state index is 0. The van der Waals surface area contributed by atoms with Gasteiger partial charge in [0.2, 0.25) is 8.03 Å². The van der Waals surface area contributed by atoms with Crippen LogP contribution in [0.3, 0.4) is 0 Å². The highest BCUT2D eigenvalue weighted by Gasteiger charge is 2.04. The fourth-order valence-corrected chi connectivity index (χ4v) is 1.80. The lowest BCUT2D eigenvalue weighted by atomic mass is 10.3. The Balaban J connectivity index is 0.00000196. The summed E-state index contributed by atoms with van der Waals surface area (Å²) < 4.78 is 16.3. The number of para-hydroxylation sites is 1. The fourth-order valence-electron chi connectivity index (χ4n) is 0.880. The van der Waals surface area contributed by atoms with Crippen molar-refractivity contribution in [3.8, 4) is 5.75 Å². The first-order valence-corrected chi connectivity index (χ1v) is 5.68. The average Bonchev–Trinajstić information content (AvgIpc) is 2.16. The van der Waals surface area contributed by atoms with Crippen molar-refractivity contribution in [3.63, 3.8) is 0 Å². The van der Waals surface area contributed by atoms with E-state index in [0.29, 0.717) is 5.75 Å². The summed E-state index contributed by atoms with van der Waals surface area (Å²) in [5.41, 5.74) is 0. The van der Waals surface area contributed by atoms with Crippen LogP contribution >= 0.6 is 8.03 Å². The molecule has 1 aromatic rings. The average molecular weight is 244 g/mol. The van der Waals surface area contributed by atoms with E-state index in [9.17, 15) is 9.36 Å². The van der Waals surface area contributed by atoms with Crippen molar-refractivity contribution >= 4 is 31.4 Å². The van der Waals surface area contributed by atoms with Crippen LogP contribution in [0, 0.1) is 0 Å². The van der Waals surface area contributed by atoms with E-state index in [4.69, 9.17) is 9.63 Å². The second-order valence-corrected chi connectivity index (χ2v) is 4.13. The maximum Gasteiger partial charge on any atom is 0.303 e. The van der Waals surface area contributed by atoms with Gasteiger partial charge in [0.1, 0.15) is 5.75 Å². The van der Waals surface area contributed by atoms with Crippen molar-refractivity contribution in [2.75, 3.05) is 6.16 Å². The molecule has 0 radical (unpaired) electrons. The van der Waals surface area contributed by atoms with Crippen LogP contribution in [-0.4, -0.2) is 34.6 Å². The summed E-state index contributed by atoms with van der Waals surface area (Å²) in [7, 11) is -2.27. The normalized spacial score (nSPS) is 11.2. The van der Waals surface area contributed by atoms with Crippen molar-refractivity contribution in [2.24, 2.45) is 0 Å². The molecule has 0 fully saturated rings. The molecule has 82 valence electrons. The first kappa shape index (κ1) is 14.3. The first-order valence-electron chi connectivity index (χ1n) is 4.16. The Hall–Kier alpha value is -0.748. The molecule has 15 heavy (non-hydrogen) atoms. The standard InChI is InChI=1S/C9H11O4P.Al.3H/c10-9(11)6-7-14(12)13-8-4-2-1-3-5-8;;;;/h1-5,14H,6-7H2,(H,10,11);;;;. The zero-order valence-corrected chi connectivity index (χ0v) is 8.47. The van der Waals surface area contributed by atoms with E-state index in [1.807, 2.05) is 6.07 Å². The molecule has 1 atom stereocenters. The largest absolute Gasteiger partial charge is 0.481 e. The highest BCUT2D eigenvalue weighted by Crippen LogP contribution is 2.26. The number of carboxylic acids is 1. The molecule has 0 bridgehead atoms. The molecule has 0 aliphatic carbocycles. The summed E-state index contributed by atoms with van der Waals surface area (Å²) in [5, 5.41) is 8.35. The first-order chi connectivity index (χ1) is 6.68. The van der Waals surface area contributed by atoms with Crippen molar-refractivity contribution in [1.82, 2.24) is 0 Å². The van der Waals surface area contributed by atoms with E-state index in [1.54, 1.807) is 24.3 Å². The maximum absolute atomic E-state index is 11.2. The second-order valence-electron chi connectivity index (χ2n) is 2.68. The lowest BCUT2D eigenvalue weighted by Gasteiger charge is -2.03. The third-order valence-electron chi connectivity index (χ3n) is 1.52. The van der Waals surface area contributed by atoms with E-state index in [-0.39, 0.29) is 29.9 Å². The fraction of sp³-hybridized carbons (Fsp3) is 0.222. The number of benzene rings is 1. The molecule has 0 aliphatic heterocycles. The molecule has 0 amide bonds. The molecule has 6 heteroatoms. The lowest BCUT2D eigenvalue weighted by molar-refractivity contribution is -0.136. The smallest absolute Gasteiger partial charge is 0.303 e. The Morgan fingerprint density at radius 3 is 2.47 bits per heavy atom. The molecular weight excluding hydrogens is 230 g/mol. The maximum atomic E-state index is 11.2. The molecule has 4 nitrogen and oxygen atoms in total. The van der Waals surface area contributed by atoms with Gasteiger partial charge in [-0.3, -0.25) is 9.36 Å². The van der Waals surface area contributed by atoms with Gasteiger partial charge in [-0.25, -0.2) is 0 Å².